The van der Waals surface area contributed by atoms with Crippen molar-refractivity contribution in [1.82, 2.24) is 4.57 Å². The maximum atomic E-state index is 2.47. The third kappa shape index (κ3) is 5.80. The predicted molar refractivity (Wildman–Crippen MR) is 245 cm³/mol. The molecule has 2 aromatic heterocycles. The molecule has 11 rings (SSSR count). The Morgan fingerprint density at radius 2 is 0.895 bits per heavy atom. The van der Waals surface area contributed by atoms with Gasteiger partial charge in [-0.1, -0.05) is 146 Å². The molecule has 2 heterocycles. The molecule has 0 bridgehead atoms. The molecule has 0 amide bonds. The van der Waals surface area contributed by atoms with Crippen LogP contribution in [0.4, 0.5) is 17.1 Å². The largest absolute Gasteiger partial charge is 0.310 e. The fourth-order valence-electron chi connectivity index (χ4n) is 8.49. The van der Waals surface area contributed by atoms with Crippen LogP contribution in [0.25, 0.3) is 81.0 Å². The van der Waals surface area contributed by atoms with Crippen molar-refractivity contribution in [2.24, 2.45) is 0 Å². The lowest BCUT2D eigenvalue weighted by Gasteiger charge is -2.25. The van der Waals surface area contributed by atoms with Gasteiger partial charge in [-0.05, 0) is 101 Å². The third-order valence-corrected chi connectivity index (χ3v) is 12.3. The molecule has 0 N–H and O–H groups in total. The van der Waals surface area contributed by atoms with Gasteiger partial charge in [0, 0.05) is 59.3 Å². The van der Waals surface area contributed by atoms with E-state index in [1.54, 1.807) is 0 Å². The summed E-state index contributed by atoms with van der Waals surface area (Å²) in [5, 5.41) is 5.02. The molecule has 0 spiro atoms. The smallest absolute Gasteiger partial charge is 0.0619 e. The van der Waals surface area contributed by atoms with Gasteiger partial charge >= 0.3 is 0 Å². The Kier molecular flexibility index (Phi) is 8.04. The summed E-state index contributed by atoms with van der Waals surface area (Å²) in [5.41, 5.74) is 14.0. The van der Waals surface area contributed by atoms with Crippen LogP contribution in [-0.2, 0) is 0 Å². The van der Waals surface area contributed by atoms with E-state index in [1.165, 1.54) is 69.8 Å². The molecule has 0 radical (unpaired) electrons. The molecule has 0 saturated carbocycles. The summed E-state index contributed by atoms with van der Waals surface area (Å²) >= 11 is 1.86. The van der Waals surface area contributed by atoms with E-state index in [0.29, 0.717) is 0 Å². The van der Waals surface area contributed by atoms with Gasteiger partial charge in [-0.2, -0.15) is 0 Å². The monoisotopic (exact) mass is 744 g/mol. The van der Waals surface area contributed by atoms with E-state index in [1.807, 2.05) is 11.3 Å². The van der Waals surface area contributed by atoms with E-state index < -0.39 is 0 Å². The van der Waals surface area contributed by atoms with Gasteiger partial charge in [0.2, 0.25) is 0 Å². The second-order valence-corrected chi connectivity index (χ2v) is 15.6. The molecule has 0 fully saturated rings. The highest BCUT2D eigenvalue weighted by Gasteiger charge is 2.22. The second kappa shape index (κ2) is 13.8. The SMILES string of the molecule is c1ccc(-c2ccc(-n3c4ccc(N(c5ccccc5)c5ccc6c(c5)sc5ccccc56)cc4c4cc(-c5ccccc5)cc(-c5ccccc5)c43)cc2)cc1. The van der Waals surface area contributed by atoms with E-state index in [0.717, 1.165) is 28.3 Å². The lowest BCUT2D eigenvalue weighted by atomic mass is 9.95. The lowest BCUT2D eigenvalue weighted by molar-refractivity contribution is 1.18. The van der Waals surface area contributed by atoms with E-state index in [9.17, 15) is 0 Å². The Hall–Kier alpha value is -7.20. The Morgan fingerprint density at radius 3 is 1.61 bits per heavy atom. The molecular weight excluding hydrogens is 709 g/mol. The van der Waals surface area contributed by atoms with Crippen molar-refractivity contribution in [2.75, 3.05) is 4.90 Å². The van der Waals surface area contributed by atoms with Crippen molar-refractivity contribution in [3.8, 4) is 39.1 Å². The van der Waals surface area contributed by atoms with Gasteiger partial charge in [-0.25, -0.2) is 0 Å². The minimum atomic E-state index is 1.11. The fraction of sp³-hybridized carbons (Fsp3) is 0. The Bertz CT molecular complexity index is 3200. The highest BCUT2D eigenvalue weighted by Crippen LogP contribution is 2.45. The van der Waals surface area contributed by atoms with Crippen molar-refractivity contribution in [3.63, 3.8) is 0 Å². The molecule has 0 saturated heterocycles. The van der Waals surface area contributed by atoms with Gasteiger partial charge in [-0.15, -0.1) is 11.3 Å². The zero-order valence-electron chi connectivity index (χ0n) is 31.1. The summed E-state index contributed by atoms with van der Waals surface area (Å²) < 4.78 is 5.06. The molecule has 0 unspecified atom stereocenters. The quantitative estimate of drug-likeness (QED) is 0.158. The number of aromatic nitrogens is 1. The first-order valence-corrected chi connectivity index (χ1v) is 20.2. The average molecular weight is 745 g/mol. The maximum Gasteiger partial charge on any atom is 0.0619 e. The van der Waals surface area contributed by atoms with Crippen molar-refractivity contribution < 1.29 is 0 Å². The first-order chi connectivity index (χ1) is 28.3. The van der Waals surface area contributed by atoms with Crippen LogP contribution in [-0.4, -0.2) is 4.57 Å². The number of fused-ring (bicyclic) bond motifs is 6. The van der Waals surface area contributed by atoms with Crippen LogP contribution in [0, 0.1) is 0 Å². The molecule has 11 aromatic rings. The van der Waals surface area contributed by atoms with E-state index >= 15 is 0 Å². The molecule has 9 aromatic carbocycles. The number of hydrogen-bond acceptors (Lipinski definition) is 2. The van der Waals surface area contributed by atoms with Gasteiger partial charge in [-0.3, -0.25) is 0 Å². The van der Waals surface area contributed by atoms with Crippen LogP contribution in [0.15, 0.2) is 218 Å². The summed E-state index contributed by atoms with van der Waals surface area (Å²) in [7, 11) is 0. The van der Waals surface area contributed by atoms with Gasteiger partial charge in [0.05, 0.1) is 11.0 Å². The molecular formula is C54H36N2S. The summed E-state index contributed by atoms with van der Waals surface area (Å²) in [4.78, 5) is 2.40. The van der Waals surface area contributed by atoms with Crippen LogP contribution in [0.3, 0.4) is 0 Å². The molecule has 0 aliphatic carbocycles. The Labute approximate surface area is 335 Å². The minimum Gasteiger partial charge on any atom is -0.310 e. The second-order valence-electron chi connectivity index (χ2n) is 14.6. The highest BCUT2D eigenvalue weighted by molar-refractivity contribution is 7.25. The first-order valence-electron chi connectivity index (χ1n) is 19.4. The van der Waals surface area contributed by atoms with Crippen molar-refractivity contribution in [1.29, 1.82) is 0 Å². The fourth-order valence-corrected chi connectivity index (χ4v) is 9.63. The van der Waals surface area contributed by atoms with Crippen molar-refractivity contribution in [2.45, 2.75) is 0 Å². The highest BCUT2D eigenvalue weighted by atomic mass is 32.1. The molecule has 0 aliphatic rings. The zero-order chi connectivity index (χ0) is 37.7. The normalized spacial score (nSPS) is 11.5. The summed E-state index contributed by atoms with van der Waals surface area (Å²) in [5.74, 6) is 0. The number of rotatable bonds is 7. The molecule has 57 heavy (non-hydrogen) atoms. The van der Waals surface area contributed by atoms with E-state index in [-0.39, 0.29) is 0 Å². The van der Waals surface area contributed by atoms with Crippen LogP contribution in [0.5, 0.6) is 0 Å². The summed E-state index contributed by atoms with van der Waals surface area (Å²) in [6.07, 6.45) is 0. The third-order valence-electron chi connectivity index (χ3n) is 11.2. The zero-order valence-corrected chi connectivity index (χ0v) is 31.9. The summed E-state index contributed by atoms with van der Waals surface area (Å²) in [6, 6.07) is 79.4. The van der Waals surface area contributed by atoms with E-state index in [4.69, 9.17) is 0 Å². The van der Waals surface area contributed by atoms with Gasteiger partial charge in [0.15, 0.2) is 0 Å². The minimum absolute atomic E-state index is 1.11. The number of benzene rings is 9. The number of hydrogen-bond donors (Lipinski definition) is 0. The van der Waals surface area contributed by atoms with Crippen LogP contribution in [0.2, 0.25) is 0 Å². The van der Waals surface area contributed by atoms with Crippen LogP contribution < -0.4 is 4.90 Å². The van der Waals surface area contributed by atoms with Gasteiger partial charge in [0.25, 0.3) is 0 Å². The molecule has 0 atom stereocenters. The van der Waals surface area contributed by atoms with E-state index in [2.05, 4.69) is 228 Å². The molecule has 0 aliphatic heterocycles. The number of anilines is 3. The predicted octanol–water partition coefficient (Wildman–Crippen LogP) is 15.6. The number of nitrogens with zero attached hydrogens (tertiary/aromatic N) is 2. The number of thiophene rings is 1. The summed E-state index contributed by atoms with van der Waals surface area (Å²) in [6.45, 7) is 0. The van der Waals surface area contributed by atoms with Crippen LogP contribution in [0.1, 0.15) is 0 Å². The first kappa shape index (κ1) is 33.2. The standard InChI is InChI=1S/C54H36N2S/c1-5-15-37(16-6-1)39-25-27-43(28-26-39)56-51-32-30-44(55(42-21-11-4-12-22-42)45-29-31-47-46-23-13-14-24-52(46)57-53(47)36-45)35-49(51)50-34-41(38-17-7-2-8-18-38)33-48(54(50)56)40-19-9-3-10-20-40/h1-36H. The Morgan fingerprint density at radius 1 is 0.333 bits per heavy atom. The van der Waals surface area contributed by atoms with Gasteiger partial charge < -0.3 is 9.47 Å². The van der Waals surface area contributed by atoms with Crippen LogP contribution >= 0.6 is 11.3 Å². The lowest BCUT2D eigenvalue weighted by Crippen LogP contribution is -2.09. The number of para-hydroxylation sites is 1. The average Bonchev–Trinajstić information content (AvgIpc) is 3.83. The topological polar surface area (TPSA) is 8.17 Å². The Balaban J connectivity index is 1.19. The van der Waals surface area contributed by atoms with Gasteiger partial charge in [0.1, 0.15) is 0 Å². The molecule has 268 valence electrons. The molecule has 3 heteroatoms. The van der Waals surface area contributed by atoms with Crippen molar-refractivity contribution >= 4 is 70.4 Å². The molecule has 2 nitrogen and oxygen atoms in total. The van der Waals surface area contributed by atoms with Crippen molar-refractivity contribution in [3.05, 3.63) is 218 Å². The maximum absolute atomic E-state index is 2.47.